The van der Waals surface area contributed by atoms with E-state index in [1.165, 1.54) is 4.90 Å². The van der Waals surface area contributed by atoms with E-state index in [4.69, 9.17) is 5.11 Å². The molecule has 4 heteroatoms. The maximum atomic E-state index is 12.0. The number of carbonyl (C=O) groups excluding carboxylic acids is 1. The van der Waals surface area contributed by atoms with E-state index in [1.54, 1.807) is 38.2 Å². The van der Waals surface area contributed by atoms with Crippen LogP contribution < -0.4 is 0 Å². The summed E-state index contributed by atoms with van der Waals surface area (Å²) in [5.41, 5.74) is 1.37. The summed E-state index contributed by atoms with van der Waals surface area (Å²) in [4.78, 5) is 13.5. The molecule has 0 aliphatic rings. The van der Waals surface area contributed by atoms with Gasteiger partial charge in [-0.25, -0.2) is 0 Å². The van der Waals surface area contributed by atoms with Crippen LogP contribution in [0.5, 0.6) is 0 Å². The van der Waals surface area contributed by atoms with Gasteiger partial charge in [-0.2, -0.15) is 0 Å². The molecular formula is C15H19NO3. The van der Waals surface area contributed by atoms with E-state index < -0.39 is 6.10 Å². The van der Waals surface area contributed by atoms with Crippen LogP contribution in [0, 0.1) is 11.8 Å². The molecule has 0 aromatic heterocycles. The molecule has 4 nitrogen and oxygen atoms in total. The number of amides is 1. The SMILES string of the molecule is CC(O)CN(C)C(=O)c1ccc(C#CCCO)cc1. The second-order valence-electron chi connectivity index (χ2n) is 4.39. The van der Waals surface area contributed by atoms with Crippen LogP contribution in [0.3, 0.4) is 0 Å². The van der Waals surface area contributed by atoms with Gasteiger partial charge in [0, 0.05) is 31.1 Å². The van der Waals surface area contributed by atoms with Gasteiger partial charge in [-0.15, -0.1) is 0 Å². The average molecular weight is 261 g/mol. The van der Waals surface area contributed by atoms with E-state index in [2.05, 4.69) is 11.8 Å². The van der Waals surface area contributed by atoms with Gasteiger partial charge in [0.15, 0.2) is 0 Å². The molecule has 1 aromatic rings. The van der Waals surface area contributed by atoms with Crippen molar-refractivity contribution in [2.24, 2.45) is 0 Å². The minimum atomic E-state index is -0.544. The van der Waals surface area contributed by atoms with Crippen molar-refractivity contribution in [3.05, 3.63) is 35.4 Å². The van der Waals surface area contributed by atoms with Crippen molar-refractivity contribution in [1.29, 1.82) is 0 Å². The van der Waals surface area contributed by atoms with Crippen molar-refractivity contribution in [1.82, 2.24) is 4.90 Å². The Hall–Kier alpha value is -1.83. The molecule has 1 unspecified atom stereocenters. The molecule has 0 aliphatic heterocycles. The molecule has 2 N–H and O–H groups in total. The molecule has 1 atom stereocenters. The molecule has 0 fully saturated rings. The lowest BCUT2D eigenvalue weighted by Gasteiger charge is -2.18. The summed E-state index contributed by atoms with van der Waals surface area (Å²) in [7, 11) is 1.66. The van der Waals surface area contributed by atoms with Crippen LogP contribution in [-0.2, 0) is 0 Å². The molecule has 0 spiro atoms. The van der Waals surface area contributed by atoms with Crippen LogP contribution in [0.15, 0.2) is 24.3 Å². The summed E-state index contributed by atoms with van der Waals surface area (Å²) in [6.45, 7) is 1.99. The Kier molecular flexibility index (Phi) is 6.07. The number of likely N-dealkylation sites (N-methyl/N-ethyl adjacent to an activating group) is 1. The minimum Gasteiger partial charge on any atom is -0.395 e. The summed E-state index contributed by atoms with van der Waals surface area (Å²) in [5.74, 6) is 5.59. The fourth-order valence-corrected chi connectivity index (χ4v) is 1.62. The van der Waals surface area contributed by atoms with E-state index in [1.807, 2.05) is 0 Å². The van der Waals surface area contributed by atoms with Gasteiger partial charge in [0.05, 0.1) is 12.7 Å². The van der Waals surface area contributed by atoms with Crippen molar-refractivity contribution in [2.45, 2.75) is 19.4 Å². The fraction of sp³-hybridized carbons (Fsp3) is 0.400. The smallest absolute Gasteiger partial charge is 0.253 e. The van der Waals surface area contributed by atoms with Crippen LogP contribution in [0.25, 0.3) is 0 Å². The van der Waals surface area contributed by atoms with E-state index in [0.717, 1.165) is 5.56 Å². The van der Waals surface area contributed by atoms with E-state index in [9.17, 15) is 9.90 Å². The van der Waals surface area contributed by atoms with E-state index in [-0.39, 0.29) is 12.5 Å². The average Bonchev–Trinajstić information content (AvgIpc) is 2.38. The molecule has 1 aromatic carbocycles. The number of nitrogens with zero attached hydrogens (tertiary/aromatic N) is 1. The Bertz CT molecular complexity index is 468. The van der Waals surface area contributed by atoms with Gasteiger partial charge in [0.2, 0.25) is 0 Å². The molecule has 0 saturated heterocycles. The minimum absolute atomic E-state index is 0.0493. The summed E-state index contributed by atoms with van der Waals surface area (Å²) in [6.07, 6.45) is -0.102. The first kappa shape index (κ1) is 15.2. The predicted octanol–water partition coefficient (Wildman–Crippen LogP) is 0.873. The second-order valence-corrected chi connectivity index (χ2v) is 4.39. The molecule has 0 radical (unpaired) electrons. The third-order valence-electron chi connectivity index (χ3n) is 2.49. The number of hydrogen-bond donors (Lipinski definition) is 2. The van der Waals surface area contributed by atoms with Gasteiger partial charge in [0.25, 0.3) is 5.91 Å². The van der Waals surface area contributed by atoms with Crippen molar-refractivity contribution >= 4 is 5.91 Å². The van der Waals surface area contributed by atoms with Crippen molar-refractivity contribution in [3.8, 4) is 11.8 Å². The Labute approximate surface area is 113 Å². The number of aliphatic hydroxyl groups is 2. The normalized spacial score (nSPS) is 11.4. The Morgan fingerprint density at radius 1 is 1.37 bits per heavy atom. The molecule has 19 heavy (non-hydrogen) atoms. The lowest BCUT2D eigenvalue weighted by atomic mass is 10.1. The maximum absolute atomic E-state index is 12.0. The van der Waals surface area contributed by atoms with Crippen molar-refractivity contribution in [3.63, 3.8) is 0 Å². The van der Waals surface area contributed by atoms with Crippen molar-refractivity contribution < 1.29 is 15.0 Å². The highest BCUT2D eigenvalue weighted by atomic mass is 16.3. The van der Waals surface area contributed by atoms with E-state index >= 15 is 0 Å². The topological polar surface area (TPSA) is 60.8 Å². The number of rotatable bonds is 4. The van der Waals surface area contributed by atoms with Gasteiger partial charge < -0.3 is 15.1 Å². The molecule has 1 rings (SSSR count). The molecule has 102 valence electrons. The van der Waals surface area contributed by atoms with Gasteiger partial charge in [0.1, 0.15) is 0 Å². The van der Waals surface area contributed by atoms with Crippen LogP contribution in [0.1, 0.15) is 29.3 Å². The molecule has 0 heterocycles. The summed E-state index contributed by atoms with van der Waals surface area (Å²) >= 11 is 0. The second kappa shape index (κ2) is 7.57. The number of aliphatic hydroxyl groups excluding tert-OH is 2. The third-order valence-corrected chi connectivity index (χ3v) is 2.49. The van der Waals surface area contributed by atoms with Gasteiger partial charge >= 0.3 is 0 Å². The first-order chi connectivity index (χ1) is 9.04. The largest absolute Gasteiger partial charge is 0.395 e. The summed E-state index contributed by atoms with van der Waals surface area (Å²) in [6, 6.07) is 6.97. The van der Waals surface area contributed by atoms with E-state index in [0.29, 0.717) is 18.5 Å². The Morgan fingerprint density at radius 3 is 2.53 bits per heavy atom. The zero-order valence-electron chi connectivity index (χ0n) is 11.3. The molecule has 0 aliphatic carbocycles. The highest BCUT2D eigenvalue weighted by molar-refractivity contribution is 5.94. The highest BCUT2D eigenvalue weighted by Crippen LogP contribution is 2.06. The molecule has 1 amide bonds. The van der Waals surface area contributed by atoms with Crippen LogP contribution in [0.4, 0.5) is 0 Å². The zero-order chi connectivity index (χ0) is 14.3. The van der Waals surface area contributed by atoms with Gasteiger partial charge in [-0.05, 0) is 31.2 Å². The third kappa shape index (κ3) is 5.12. The number of benzene rings is 1. The quantitative estimate of drug-likeness (QED) is 0.791. The molecular weight excluding hydrogens is 242 g/mol. The van der Waals surface area contributed by atoms with Crippen molar-refractivity contribution in [2.75, 3.05) is 20.2 Å². The standard InChI is InChI=1S/C15H19NO3/c1-12(18)11-16(2)15(19)14-8-6-13(7-9-14)5-3-4-10-17/h6-9,12,17-18H,4,10-11H2,1-2H3. The monoisotopic (exact) mass is 261 g/mol. The molecule has 0 saturated carbocycles. The zero-order valence-corrected chi connectivity index (χ0v) is 11.3. The highest BCUT2D eigenvalue weighted by Gasteiger charge is 2.12. The van der Waals surface area contributed by atoms with Crippen LogP contribution >= 0.6 is 0 Å². The number of hydrogen-bond acceptors (Lipinski definition) is 3. The summed E-state index contributed by atoms with van der Waals surface area (Å²) < 4.78 is 0. The molecule has 0 bridgehead atoms. The Balaban J connectivity index is 2.71. The summed E-state index contributed by atoms with van der Waals surface area (Å²) in [5, 5.41) is 17.9. The lowest BCUT2D eigenvalue weighted by molar-refractivity contribution is 0.0703. The Morgan fingerprint density at radius 2 is 2.00 bits per heavy atom. The number of carbonyl (C=O) groups is 1. The van der Waals surface area contributed by atoms with Gasteiger partial charge in [-0.3, -0.25) is 4.79 Å². The maximum Gasteiger partial charge on any atom is 0.253 e. The predicted molar refractivity (Wildman–Crippen MR) is 73.7 cm³/mol. The van der Waals surface area contributed by atoms with Crippen LogP contribution in [0.2, 0.25) is 0 Å². The lowest BCUT2D eigenvalue weighted by Crippen LogP contribution is -2.32. The van der Waals surface area contributed by atoms with Gasteiger partial charge in [-0.1, -0.05) is 11.8 Å². The fourth-order valence-electron chi connectivity index (χ4n) is 1.62. The van der Waals surface area contributed by atoms with Crippen LogP contribution in [-0.4, -0.2) is 47.3 Å². The first-order valence-corrected chi connectivity index (χ1v) is 6.18. The first-order valence-electron chi connectivity index (χ1n) is 6.18.